The Kier molecular flexibility index (Phi) is 14.1. The minimum atomic E-state index is -3.62. The highest BCUT2D eigenvalue weighted by molar-refractivity contribution is 6.25. The van der Waals surface area contributed by atoms with Crippen LogP contribution in [0, 0.1) is 11.8 Å². The lowest BCUT2D eigenvalue weighted by atomic mass is 9.71. The van der Waals surface area contributed by atoms with Crippen molar-refractivity contribution in [3.8, 4) is 0 Å². The fraction of sp³-hybridized carbons (Fsp3) is 0.778. The summed E-state index contributed by atoms with van der Waals surface area (Å²) in [5.41, 5.74) is -9.94. The third-order valence-corrected chi connectivity index (χ3v) is 7.89. The second-order valence-corrected chi connectivity index (χ2v) is 10.7. The van der Waals surface area contributed by atoms with E-state index in [4.69, 9.17) is 0 Å². The molecule has 13 heteroatoms. The average Bonchev–Trinajstić information content (AvgIpc) is 2.91. The summed E-state index contributed by atoms with van der Waals surface area (Å²) in [5, 5.41) is 51.3. The van der Waals surface area contributed by atoms with Crippen LogP contribution < -0.4 is 16.0 Å². The lowest BCUT2D eigenvalue weighted by molar-refractivity contribution is -0.181. The van der Waals surface area contributed by atoms with E-state index in [0.29, 0.717) is 12.8 Å². The molecule has 0 amide bonds. The molecule has 0 saturated carbocycles. The predicted molar refractivity (Wildman–Crippen MR) is 146 cm³/mol. The second-order valence-electron chi connectivity index (χ2n) is 10.7. The van der Waals surface area contributed by atoms with Gasteiger partial charge in [0, 0.05) is 0 Å². The number of Topliss-reactive ketones (excluding diaryl/α,β-unsaturated/α-hetero) is 5. The highest BCUT2D eigenvalue weighted by Gasteiger charge is 2.61. The normalized spacial score (nSPS) is 20.0. The van der Waals surface area contributed by atoms with Crippen molar-refractivity contribution < 1.29 is 49.2 Å². The standard InChI is InChI=1S/C27H47N3O10/c1-10-14(3)19(29-8)17(31)12-27(40,24(36)37)23(35)26(39,22(34)20(30-9)15(4)11-2)13-18(32)25(6,38)21(33)16(5)28-7/h14-16,19-20,28-30,38-40H,10-13H2,1-9H3,(H,36,37)/t14-,15-,16+,19+,20+,25?,26?,27?/m0/s1. The first-order valence-corrected chi connectivity index (χ1v) is 13.4. The zero-order valence-corrected chi connectivity index (χ0v) is 25.0. The van der Waals surface area contributed by atoms with Gasteiger partial charge in [0.2, 0.25) is 11.4 Å². The number of carboxylic acids is 1. The van der Waals surface area contributed by atoms with Gasteiger partial charge in [0.1, 0.15) is 0 Å². The van der Waals surface area contributed by atoms with Crippen LogP contribution in [0.4, 0.5) is 0 Å². The van der Waals surface area contributed by atoms with Crippen LogP contribution in [-0.4, -0.2) is 111 Å². The maximum absolute atomic E-state index is 13.8. The summed E-state index contributed by atoms with van der Waals surface area (Å²) in [4.78, 5) is 78.7. The zero-order valence-electron chi connectivity index (χ0n) is 25.0. The molecule has 0 bridgehead atoms. The minimum Gasteiger partial charge on any atom is -0.479 e. The molecule has 0 aliphatic heterocycles. The first-order valence-electron chi connectivity index (χ1n) is 13.4. The van der Waals surface area contributed by atoms with Crippen LogP contribution in [0.3, 0.4) is 0 Å². The van der Waals surface area contributed by atoms with Gasteiger partial charge in [0.25, 0.3) is 0 Å². The number of carbonyl (C=O) groups is 6. The number of carboxylic acid groups (broad SMARTS) is 1. The molecule has 7 N–H and O–H groups in total. The summed E-state index contributed by atoms with van der Waals surface area (Å²) in [5.74, 6) is -9.86. The molecule has 0 aromatic carbocycles. The zero-order chi connectivity index (χ0) is 31.8. The van der Waals surface area contributed by atoms with E-state index in [-0.39, 0.29) is 5.92 Å². The van der Waals surface area contributed by atoms with Gasteiger partial charge in [-0.1, -0.05) is 40.5 Å². The molecule has 13 nitrogen and oxygen atoms in total. The SMILES string of the molecule is CC[C@H](C)[C@@H](NC)C(=O)CC(O)(C(=O)O)C(=O)C(O)(CC(=O)C(C)(O)C(=O)[C@@H](C)NC)C(=O)[C@H](NC)[C@@H](C)CC. The number of likely N-dealkylation sites (N-methyl/N-ethyl adjacent to an activating group) is 3. The fourth-order valence-electron chi connectivity index (χ4n) is 4.50. The quantitative estimate of drug-likeness (QED) is 0.0851. The average molecular weight is 574 g/mol. The Balaban J connectivity index is 7.02. The summed E-state index contributed by atoms with van der Waals surface area (Å²) >= 11 is 0. The van der Waals surface area contributed by atoms with Gasteiger partial charge in [0.15, 0.2) is 34.3 Å². The summed E-state index contributed by atoms with van der Waals surface area (Å²) in [6.45, 7) is 8.92. The van der Waals surface area contributed by atoms with Crippen molar-refractivity contribution in [3.63, 3.8) is 0 Å². The number of nitrogens with one attached hydrogen (secondary N) is 3. The molecule has 8 atom stereocenters. The van der Waals surface area contributed by atoms with E-state index >= 15 is 0 Å². The van der Waals surface area contributed by atoms with E-state index in [1.54, 1.807) is 27.7 Å². The van der Waals surface area contributed by atoms with Crippen molar-refractivity contribution in [1.82, 2.24) is 16.0 Å². The van der Waals surface area contributed by atoms with Crippen LogP contribution in [0.5, 0.6) is 0 Å². The molecule has 0 rings (SSSR count). The number of rotatable bonds is 20. The number of hydrogen-bond acceptors (Lipinski definition) is 12. The third-order valence-electron chi connectivity index (χ3n) is 7.89. The van der Waals surface area contributed by atoms with Crippen LogP contribution in [0.15, 0.2) is 0 Å². The molecule has 3 unspecified atom stereocenters. The number of hydrogen-bond donors (Lipinski definition) is 7. The topological polar surface area (TPSA) is 219 Å². The molecular weight excluding hydrogens is 526 g/mol. The van der Waals surface area contributed by atoms with Crippen LogP contribution in [0.25, 0.3) is 0 Å². The molecule has 0 spiro atoms. The number of aliphatic hydroxyl groups is 3. The largest absolute Gasteiger partial charge is 0.479 e. The van der Waals surface area contributed by atoms with Gasteiger partial charge in [-0.2, -0.15) is 0 Å². The third kappa shape index (κ3) is 7.86. The van der Waals surface area contributed by atoms with Crippen LogP contribution in [0.1, 0.15) is 67.2 Å². The Hall–Kier alpha value is -2.42. The molecule has 0 aliphatic carbocycles. The molecular formula is C27H47N3O10. The Morgan fingerprint density at radius 3 is 1.52 bits per heavy atom. The maximum atomic E-state index is 13.8. The van der Waals surface area contributed by atoms with E-state index in [2.05, 4.69) is 16.0 Å². The molecule has 0 fully saturated rings. The van der Waals surface area contributed by atoms with Crippen molar-refractivity contribution in [1.29, 1.82) is 0 Å². The Bertz CT molecular complexity index is 968. The Labute approximate surface area is 235 Å². The monoisotopic (exact) mass is 573 g/mol. The number of aliphatic carboxylic acids is 1. The van der Waals surface area contributed by atoms with Gasteiger partial charge in [-0.25, -0.2) is 4.79 Å². The van der Waals surface area contributed by atoms with Gasteiger partial charge in [-0.05, 0) is 46.8 Å². The molecule has 0 saturated heterocycles. The van der Waals surface area contributed by atoms with E-state index in [1.807, 2.05) is 0 Å². The van der Waals surface area contributed by atoms with Crippen molar-refractivity contribution >= 4 is 34.9 Å². The summed E-state index contributed by atoms with van der Waals surface area (Å²) in [7, 11) is 4.16. The van der Waals surface area contributed by atoms with Crippen molar-refractivity contribution in [2.24, 2.45) is 11.8 Å². The van der Waals surface area contributed by atoms with Crippen molar-refractivity contribution in [2.45, 2.75) is 102 Å². The van der Waals surface area contributed by atoms with E-state index < -0.39 is 88.6 Å². The Morgan fingerprint density at radius 2 is 1.15 bits per heavy atom. The van der Waals surface area contributed by atoms with E-state index in [0.717, 1.165) is 6.92 Å². The summed E-state index contributed by atoms with van der Waals surface area (Å²) < 4.78 is 0. The van der Waals surface area contributed by atoms with Crippen LogP contribution in [-0.2, 0) is 28.8 Å². The van der Waals surface area contributed by atoms with Gasteiger partial charge < -0.3 is 36.4 Å². The van der Waals surface area contributed by atoms with Gasteiger partial charge in [-0.3, -0.25) is 24.0 Å². The number of carbonyl (C=O) groups excluding carboxylic acids is 5. The van der Waals surface area contributed by atoms with Crippen molar-refractivity contribution in [2.75, 3.05) is 21.1 Å². The molecule has 0 aromatic heterocycles. The van der Waals surface area contributed by atoms with Crippen LogP contribution >= 0.6 is 0 Å². The fourth-order valence-corrected chi connectivity index (χ4v) is 4.50. The molecule has 0 heterocycles. The first-order chi connectivity index (χ1) is 18.3. The molecule has 0 aliphatic rings. The van der Waals surface area contributed by atoms with Crippen molar-refractivity contribution in [3.05, 3.63) is 0 Å². The lowest BCUT2D eigenvalue weighted by Crippen LogP contribution is -2.67. The van der Waals surface area contributed by atoms with Gasteiger partial charge in [0.05, 0.1) is 31.0 Å². The molecule has 230 valence electrons. The van der Waals surface area contributed by atoms with E-state index in [1.165, 1.54) is 28.1 Å². The number of ketones is 5. The highest BCUT2D eigenvalue weighted by Crippen LogP contribution is 2.31. The van der Waals surface area contributed by atoms with E-state index in [9.17, 15) is 49.2 Å². The Morgan fingerprint density at radius 1 is 0.700 bits per heavy atom. The first kappa shape index (κ1) is 37.6. The van der Waals surface area contributed by atoms with Crippen LogP contribution in [0.2, 0.25) is 0 Å². The predicted octanol–water partition coefficient (Wildman–Crippen LogP) is -1.21. The summed E-state index contributed by atoms with van der Waals surface area (Å²) in [6, 6.07) is -3.32. The lowest BCUT2D eigenvalue weighted by Gasteiger charge is -2.37. The minimum absolute atomic E-state index is 0.331. The second kappa shape index (κ2) is 15.0. The molecule has 0 aromatic rings. The molecule has 40 heavy (non-hydrogen) atoms. The van der Waals surface area contributed by atoms with Gasteiger partial charge >= 0.3 is 5.97 Å². The smallest absolute Gasteiger partial charge is 0.344 e. The molecule has 0 radical (unpaired) electrons. The summed E-state index contributed by atoms with van der Waals surface area (Å²) in [6.07, 6.45) is -2.01. The highest BCUT2D eigenvalue weighted by atomic mass is 16.4. The van der Waals surface area contributed by atoms with Gasteiger partial charge in [-0.15, -0.1) is 0 Å². The maximum Gasteiger partial charge on any atom is 0.344 e.